The lowest BCUT2D eigenvalue weighted by molar-refractivity contribution is 0.145. The van der Waals surface area contributed by atoms with Gasteiger partial charge in [-0.25, -0.2) is 0 Å². The maximum Gasteiger partial charge on any atom is 0.0824 e. The van der Waals surface area contributed by atoms with Crippen molar-refractivity contribution in [2.45, 2.75) is 31.8 Å². The molecule has 98 valence electrons. The second-order valence-electron chi connectivity index (χ2n) is 6.49. The second kappa shape index (κ2) is 3.83. The summed E-state index contributed by atoms with van der Waals surface area (Å²) >= 11 is 0. The molecular weight excluding hydrogens is 232 g/mol. The van der Waals surface area contributed by atoms with Gasteiger partial charge in [-0.15, -0.1) is 0 Å². The Morgan fingerprint density at radius 3 is 2.84 bits per heavy atom. The van der Waals surface area contributed by atoms with Crippen LogP contribution < -0.4 is 0 Å². The van der Waals surface area contributed by atoms with Gasteiger partial charge in [-0.05, 0) is 60.3 Å². The zero-order chi connectivity index (χ0) is 13.1. The summed E-state index contributed by atoms with van der Waals surface area (Å²) < 4.78 is 0. The van der Waals surface area contributed by atoms with Gasteiger partial charge >= 0.3 is 0 Å². The van der Waals surface area contributed by atoms with Crippen LogP contribution in [0.4, 0.5) is 0 Å². The minimum atomic E-state index is -0.265. The summed E-state index contributed by atoms with van der Waals surface area (Å²) in [6.07, 6.45) is 6.83. The van der Waals surface area contributed by atoms with Crippen LogP contribution in [-0.2, 0) is 0 Å². The molecule has 19 heavy (non-hydrogen) atoms. The minimum Gasteiger partial charge on any atom is -0.388 e. The van der Waals surface area contributed by atoms with Gasteiger partial charge in [-0.3, -0.25) is 0 Å². The van der Waals surface area contributed by atoms with Crippen LogP contribution in [0.1, 0.15) is 48.5 Å². The molecule has 0 heterocycles. The summed E-state index contributed by atoms with van der Waals surface area (Å²) in [5.41, 5.74) is 4.75. The summed E-state index contributed by atoms with van der Waals surface area (Å²) in [7, 11) is 0. The van der Waals surface area contributed by atoms with Crippen LogP contribution in [0.5, 0.6) is 0 Å². The molecule has 0 spiro atoms. The zero-order valence-corrected chi connectivity index (χ0v) is 11.3. The van der Waals surface area contributed by atoms with Crippen molar-refractivity contribution in [2.75, 3.05) is 0 Å². The number of hydrogen-bond donors (Lipinski definition) is 1. The van der Waals surface area contributed by atoms with Crippen LogP contribution >= 0.6 is 0 Å². The van der Waals surface area contributed by atoms with E-state index in [-0.39, 0.29) is 6.10 Å². The molecule has 5 atom stereocenters. The van der Waals surface area contributed by atoms with E-state index in [9.17, 15) is 5.11 Å². The van der Waals surface area contributed by atoms with E-state index in [1.165, 1.54) is 18.4 Å². The van der Waals surface area contributed by atoms with E-state index in [0.29, 0.717) is 11.8 Å². The van der Waals surface area contributed by atoms with Crippen LogP contribution in [0.3, 0.4) is 0 Å². The van der Waals surface area contributed by atoms with Crippen molar-refractivity contribution in [2.24, 2.45) is 17.8 Å². The van der Waals surface area contributed by atoms with Crippen molar-refractivity contribution in [1.29, 1.82) is 0 Å². The summed E-state index contributed by atoms with van der Waals surface area (Å²) in [6, 6.07) is 6.56. The van der Waals surface area contributed by atoms with Gasteiger partial charge in [0.05, 0.1) is 6.10 Å². The molecule has 3 aliphatic rings. The number of aliphatic hydroxyl groups is 1. The first-order valence-corrected chi connectivity index (χ1v) is 7.31. The molecule has 5 unspecified atom stereocenters. The highest BCUT2D eigenvalue weighted by Gasteiger charge is 2.53. The Labute approximate surface area is 114 Å². The highest BCUT2D eigenvalue weighted by Crippen LogP contribution is 2.61. The van der Waals surface area contributed by atoms with E-state index < -0.39 is 0 Å². The Bertz CT molecular complexity index is 583. The third-order valence-electron chi connectivity index (χ3n) is 5.32. The number of benzene rings is 1. The summed E-state index contributed by atoms with van der Waals surface area (Å²) in [5.74, 6) is 2.49. The molecule has 4 rings (SSSR count). The Hall–Kier alpha value is -1.34. The van der Waals surface area contributed by atoms with Crippen LogP contribution in [0.25, 0.3) is 5.57 Å². The smallest absolute Gasteiger partial charge is 0.0824 e. The highest BCUT2D eigenvalue weighted by atomic mass is 16.3. The largest absolute Gasteiger partial charge is 0.388 e. The molecular formula is C18H20O. The lowest BCUT2D eigenvalue weighted by Gasteiger charge is -2.21. The van der Waals surface area contributed by atoms with Gasteiger partial charge in [0.2, 0.25) is 0 Å². The lowest BCUT2D eigenvalue weighted by atomic mass is 9.84. The topological polar surface area (TPSA) is 20.2 Å². The molecule has 1 nitrogen and oxygen atoms in total. The SMILES string of the molecule is C=C(C)c1ccc2c(c1)C(O)C1CC1C1CC=CC21. The third kappa shape index (κ3) is 1.58. The van der Waals surface area contributed by atoms with Gasteiger partial charge in [-0.2, -0.15) is 0 Å². The molecule has 1 N–H and O–H groups in total. The maximum absolute atomic E-state index is 10.7. The first-order chi connectivity index (χ1) is 9.16. The first-order valence-electron chi connectivity index (χ1n) is 7.31. The second-order valence-corrected chi connectivity index (χ2v) is 6.49. The maximum atomic E-state index is 10.7. The van der Waals surface area contributed by atoms with Gasteiger partial charge in [0.25, 0.3) is 0 Å². The van der Waals surface area contributed by atoms with Crippen molar-refractivity contribution in [1.82, 2.24) is 0 Å². The minimum absolute atomic E-state index is 0.265. The van der Waals surface area contributed by atoms with E-state index in [4.69, 9.17) is 0 Å². The Morgan fingerprint density at radius 2 is 2.05 bits per heavy atom. The number of fused-ring (bicyclic) bond motifs is 5. The molecule has 0 bridgehead atoms. The van der Waals surface area contributed by atoms with Gasteiger partial charge in [0.1, 0.15) is 0 Å². The number of hydrogen-bond acceptors (Lipinski definition) is 1. The fourth-order valence-electron chi connectivity index (χ4n) is 4.17. The van der Waals surface area contributed by atoms with Crippen LogP contribution in [-0.4, -0.2) is 5.11 Å². The average Bonchev–Trinajstić information content (AvgIpc) is 3.07. The first kappa shape index (κ1) is 11.5. The predicted molar refractivity (Wildman–Crippen MR) is 77.7 cm³/mol. The average molecular weight is 252 g/mol. The Kier molecular flexibility index (Phi) is 2.32. The molecule has 0 radical (unpaired) electrons. The number of allylic oxidation sites excluding steroid dienone is 3. The third-order valence-corrected chi connectivity index (χ3v) is 5.32. The molecule has 0 saturated heterocycles. The fourth-order valence-corrected chi connectivity index (χ4v) is 4.17. The Morgan fingerprint density at radius 1 is 1.21 bits per heavy atom. The molecule has 0 amide bonds. The van der Waals surface area contributed by atoms with E-state index in [1.54, 1.807) is 0 Å². The summed E-state index contributed by atoms with van der Waals surface area (Å²) in [6.45, 7) is 6.05. The normalized spacial score (nSPS) is 38.1. The van der Waals surface area contributed by atoms with Crippen molar-refractivity contribution in [3.63, 3.8) is 0 Å². The van der Waals surface area contributed by atoms with Crippen molar-refractivity contribution in [3.8, 4) is 0 Å². The molecule has 1 fully saturated rings. The molecule has 1 aromatic carbocycles. The highest BCUT2D eigenvalue weighted by molar-refractivity contribution is 5.63. The molecule has 0 aliphatic heterocycles. The molecule has 1 aromatic rings. The van der Waals surface area contributed by atoms with Crippen molar-refractivity contribution in [3.05, 3.63) is 53.6 Å². The molecule has 1 saturated carbocycles. The molecule has 1 heteroatoms. The molecule has 0 aromatic heterocycles. The lowest BCUT2D eigenvalue weighted by Crippen LogP contribution is -2.09. The van der Waals surface area contributed by atoms with Gasteiger partial charge in [-0.1, -0.05) is 36.4 Å². The van der Waals surface area contributed by atoms with E-state index >= 15 is 0 Å². The predicted octanol–water partition coefficient (Wildman–Crippen LogP) is 4.06. The summed E-state index contributed by atoms with van der Waals surface area (Å²) in [5, 5.41) is 10.7. The number of aliphatic hydroxyl groups excluding tert-OH is 1. The Balaban J connectivity index is 1.87. The van der Waals surface area contributed by atoms with Crippen LogP contribution in [0.15, 0.2) is 36.9 Å². The van der Waals surface area contributed by atoms with Crippen LogP contribution in [0, 0.1) is 17.8 Å². The molecule has 3 aliphatic carbocycles. The standard InChI is InChI=1S/C18H20O/c1-10(2)11-6-7-14-12-4-3-5-13(12)15-9-17(15)18(19)16(14)8-11/h3-4,6-8,12-13,15,17-19H,1,5,9H2,2H3. The quantitative estimate of drug-likeness (QED) is 0.747. The van der Waals surface area contributed by atoms with E-state index in [0.717, 1.165) is 28.5 Å². The van der Waals surface area contributed by atoms with Crippen LogP contribution in [0.2, 0.25) is 0 Å². The van der Waals surface area contributed by atoms with Gasteiger partial charge < -0.3 is 5.11 Å². The fraction of sp³-hybridized carbons (Fsp3) is 0.444. The van der Waals surface area contributed by atoms with Crippen molar-refractivity contribution < 1.29 is 5.11 Å². The van der Waals surface area contributed by atoms with E-state index in [1.807, 2.05) is 6.92 Å². The van der Waals surface area contributed by atoms with Gasteiger partial charge in [0.15, 0.2) is 0 Å². The number of rotatable bonds is 1. The summed E-state index contributed by atoms with van der Waals surface area (Å²) in [4.78, 5) is 0. The van der Waals surface area contributed by atoms with E-state index in [2.05, 4.69) is 36.9 Å². The zero-order valence-electron chi connectivity index (χ0n) is 11.3. The van der Waals surface area contributed by atoms with Gasteiger partial charge in [0, 0.05) is 5.92 Å². The monoisotopic (exact) mass is 252 g/mol. The van der Waals surface area contributed by atoms with Crippen molar-refractivity contribution >= 4 is 5.57 Å².